The van der Waals surface area contributed by atoms with Crippen LogP contribution >= 0.6 is 0 Å². The van der Waals surface area contributed by atoms with Crippen LogP contribution in [-0.4, -0.2) is 36.6 Å². The van der Waals surface area contributed by atoms with Gasteiger partial charge in [-0.15, -0.1) is 0 Å². The van der Waals surface area contributed by atoms with Gasteiger partial charge in [-0.2, -0.15) is 0 Å². The fourth-order valence-corrected chi connectivity index (χ4v) is 1.88. The number of hydrogen-bond donors (Lipinski definition) is 0. The van der Waals surface area contributed by atoms with Gasteiger partial charge in [-0.1, -0.05) is 23.5 Å². The van der Waals surface area contributed by atoms with Gasteiger partial charge in [0, 0.05) is 38.8 Å². The van der Waals surface area contributed by atoms with Gasteiger partial charge in [-0.05, 0) is 32.4 Å². The molecule has 0 saturated heterocycles. The molecule has 28 heavy (non-hydrogen) atoms. The van der Waals surface area contributed by atoms with Gasteiger partial charge in [0.05, 0.1) is 0 Å². The maximum atomic E-state index is 11.5. The van der Waals surface area contributed by atoms with E-state index < -0.39 is 30.3 Å². The van der Waals surface area contributed by atoms with Crippen molar-refractivity contribution in [1.29, 1.82) is 0 Å². The molecule has 0 amide bonds. The molecule has 152 valence electrons. The fraction of sp³-hybridized carbons (Fsp3) is 0.429. The summed E-state index contributed by atoms with van der Waals surface area (Å²) in [6, 6.07) is 0. The summed E-state index contributed by atoms with van der Waals surface area (Å²) in [7, 11) is 0. The molecule has 7 heteroatoms. The first-order valence-electron chi connectivity index (χ1n) is 8.55. The number of ether oxygens (including phenoxy) is 3. The van der Waals surface area contributed by atoms with E-state index in [1.807, 2.05) is 13.8 Å². The quantitative estimate of drug-likeness (QED) is 0.207. The van der Waals surface area contributed by atoms with Gasteiger partial charge in [0.2, 0.25) is 0 Å². The highest BCUT2D eigenvalue weighted by Crippen LogP contribution is 2.15. The molecular formula is C21H26O7. The highest BCUT2D eigenvalue weighted by atomic mass is 16.7. The van der Waals surface area contributed by atoms with E-state index in [1.54, 1.807) is 19.1 Å². The predicted molar refractivity (Wildman–Crippen MR) is 103 cm³/mol. The summed E-state index contributed by atoms with van der Waals surface area (Å²) in [6.07, 6.45) is 2.85. The summed E-state index contributed by atoms with van der Waals surface area (Å²) in [5.41, 5.74) is 1.77. The van der Waals surface area contributed by atoms with Gasteiger partial charge in [-0.25, -0.2) is 0 Å². The summed E-state index contributed by atoms with van der Waals surface area (Å²) >= 11 is 0. The van der Waals surface area contributed by atoms with Gasteiger partial charge in [0.1, 0.15) is 12.4 Å². The molecule has 0 heterocycles. The van der Waals surface area contributed by atoms with E-state index >= 15 is 0 Å². The highest BCUT2D eigenvalue weighted by molar-refractivity contribution is 5.77. The lowest BCUT2D eigenvalue weighted by molar-refractivity contribution is -0.176. The minimum absolute atomic E-state index is 0.0102. The van der Waals surface area contributed by atoms with Crippen molar-refractivity contribution in [1.82, 2.24) is 0 Å². The molecule has 0 aliphatic rings. The first kappa shape index (κ1) is 24.9. The Balaban J connectivity index is 5.65. The van der Waals surface area contributed by atoms with E-state index in [4.69, 9.17) is 14.2 Å². The summed E-state index contributed by atoms with van der Waals surface area (Å²) in [4.78, 5) is 45.3. The lowest BCUT2D eigenvalue weighted by Crippen LogP contribution is -2.25. The van der Waals surface area contributed by atoms with Gasteiger partial charge >= 0.3 is 17.9 Å². The van der Waals surface area contributed by atoms with Crippen LogP contribution in [0.1, 0.15) is 48.0 Å². The second kappa shape index (κ2) is 13.1. The molecule has 0 saturated carbocycles. The molecular weight excluding hydrogens is 364 g/mol. The zero-order valence-electron chi connectivity index (χ0n) is 17.0. The van der Waals surface area contributed by atoms with Crippen molar-refractivity contribution < 1.29 is 33.4 Å². The van der Waals surface area contributed by atoms with Crippen LogP contribution in [0, 0.1) is 11.8 Å². The molecule has 7 nitrogen and oxygen atoms in total. The fourth-order valence-electron chi connectivity index (χ4n) is 1.88. The van der Waals surface area contributed by atoms with Crippen molar-refractivity contribution in [3.8, 4) is 11.8 Å². The zero-order valence-corrected chi connectivity index (χ0v) is 17.0. The predicted octanol–water partition coefficient (Wildman–Crippen LogP) is 2.80. The second-order valence-electron chi connectivity index (χ2n) is 6.08. The third-order valence-electron chi connectivity index (χ3n) is 2.98. The summed E-state index contributed by atoms with van der Waals surface area (Å²) in [5.74, 6) is 3.79. The Bertz CT molecular complexity index is 724. The Hall–Kier alpha value is -3.14. The maximum Gasteiger partial charge on any atom is 0.305 e. The smallest absolute Gasteiger partial charge is 0.305 e. The van der Waals surface area contributed by atoms with Crippen LogP contribution in [0.2, 0.25) is 0 Å². The van der Waals surface area contributed by atoms with Crippen molar-refractivity contribution in [2.75, 3.05) is 0 Å². The van der Waals surface area contributed by atoms with E-state index in [-0.39, 0.29) is 12.0 Å². The Morgan fingerprint density at radius 1 is 0.893 bits per heavy atom. The number of esters is 3. The van der Waals surface area contributed by atoms with Gasteiger partial charge in [0.25, 0.3) is 6.29 Å². The molecule has 0 N–H and O–H groups in total. The van der Waals surface area contributed by atoms with E-state index in [0.717, 1.165) is 31.1 Å². The summed E-state index contributed by atoms with van der Waals surface area (Å²) in [6.45, 7) is 9.09. The van der Waals surface area contributed by atoms with E-state index in [9.17, 15) is 19.2 Å². The highest BCUT2D eigenvalue weighted by Gasteiger charge is 2.21. The Kier molecular flexibility index (Phi) is 11.6. The number of carbonyl (C=O) groups is 4. The van der Waals surface area contributed by atoms with Crippen LogP contribution < -0.4 is 0 Å². The van der Waals surface area contributed by atoms with Gasteiger partial charge in [-0.3, -0.25) is 19.2 Å². The van der Waals surface area contributed by atoms with Gasteiger partial charge < -0.3 is 14.2 Å². The molecule has 0 rings (SSSR count). The SMILES string of the molecule is CC(=O)OC(C=C(C=O)C(CC=C(C)C#CC=C(C)C)OC(C)=O)OC(C)=O. The second-order valence-corrected chi connectivity index (χ2v) is 6.08. The molecule has 0 radical (unpaired) electrons. The average Bonchev–Trinajstić information content (AvgIpc) is 2.54. The number of aldehydes is 1. The van der Waals surface area contributed by atoms with Crippen molar-refractivity contribution in [2.24, 2.45) is 0 Å². The zero-order chi connectivity index (χ0) is 21.7. The third kappa shape index (κ3) is 12.3. The molecule has 0 aromatic heterocycles. The van der Waals surface area contributed by atoms with Crippen LogP contribution in [-0.2, 0) is 33.4 Å². The minimum Gasteiger partial charge on any atom is -0.457 e. The van der Waals surface area contributed by atoms with Crippen LogP contribution in [0.5, 0.6) is 0 Å². The molecule has 0 aromatic carbocycles. The molecule has 0 aromatic rings. The van der Waals surface area contributed by atoms with E-state index in [1.165, 1.54) is 6.92 Å². The van der Waals surface area contributed by atoms with Crippen LogP contribution in [0.15, 0.2) is 34.9 Å². The first-order chi connectivity index (χ1) is 13.0. The Morgan fingerprint density at radius 3 is 1.86 bits per heavy atom. The third-order valence-corrected chi connectivity index (χ3v) is 2.98. The summed E-state index contributed by atoms with van der Waals surface area (Å²) in [5, 5.41) is 0. The van der Waals surface area contributed by atoms with Crippen LogP contribution in [0.25, 0.3) is 0 Å². The molecule has 0 bridgehead atoms. The van der Waals surface area contributed by atoms with Crippen LogP contribution in [0.3, 0.4) is 0 Å². The molecule has 1 unspecified atom stereocenters. The molecule has 0 fully saturated rings. The van der Waals surface area contributed by atoms with Crippen molar-refractivity contribution in [3.63, 3.8) is 0 Å². The molecule has 0 aliphatic carbocycles. The average molecular weight is 390 g/mol. The molecule has 0 aliphatic heterocycles. The lowest BCUT2D eigenvalue weighted by Gasteiger charge is -2.18. The lowest BCUT2D eigenvalue weighted by atomic mass is 10.1. The normalized spacial score (nSPS) is 12.2. The standard InChI is InChI=1S/C21H26O7/c1-14(2)8-7-9-15(3)10-11-20(26-16(4)23)19(13-22)12-21(27-17(5)24)28-18(6)25/h8,10,12-13,20-21H,11H2,1-6H3. The Labute approximate surface area is 165 Å². The topological polar surface area (TPSA) is 96.0 Å². The summed E-state index contributed by atoms with van der Waals surface area (Å²) < 4.78 is 14.9. The molecule has 1 atom stereocenters. The van der Waals surface area contributed by atoms with Crippen molar-refractivity contribution in [2.45, 2.75) is 60.4 Å². The maximum absolute atomic E-state index is 11.5. The first-order valence-corrected chi connectivity index (χ1v) is 8.55. The number of carbonyl (C=O) groups excluding carboxylic acids is 4. The monoisotopic (exact) mass is 390 g/mol. The van der Waals surface area contributed by atoms with E-state index in [2.05, 4.69) is 11.8 Å². The van der Waals surface area contributed by atoms with Crippen molar-refractivity contribution >= 4 is 24.2 Å². The largest absolute Gasteiger partial charge is 0.457 e. The number of hydrogen-bond acceptors (Lipinski definition) is 7. The van der Waals surface area contributed by atoms with E-state index in [0.29, 0.717) is 6.29 Å². The van der Waals surface area contributed by atoms with Gasteiger partial charge in [0.15, 0.2) is 0 Å². The molecule has 0 spiro atoms. The minimum atomic E-state index is -1.41. The Morgan fingerprint density at radius 2 is 1.43 bits per heavy atom. The van der Waals surface area contributed by atoms with Crippen molar-refractivity contribution in [3.05, 3.63) is 34.9 Å². The van der Waals surface area contributed by atoms with Crippen LogP contribution in [0.4, 0.5) is 0 Å². The number of allylic oxidation sites excluding steroid dienone is 3. The number of rotatable bonds is 8.